The lowest BCUT2D eigenvalue weighted by atomic mass is 9.76. The summed E-state index contributed by atoms with van der Waals surface area (Å²) in [4.78, 5) is 41.7. The van der Waals surface area contributed by atoms with Crippen LogP contribution >= 0.6 is 0 Å². The molecule has 1 saturated heterocycles. The maximum atomic E-state index is 13.6. The molecule has 3 rings (SSSR count). The number of nitrogens with zero attached hydrogens (tertiary/aromatic N) is 2. The van der Waals surface area contributed by atoms with Crippen LogP contribution in [0.15, 0.2) is 48.8 Å². The van der Waals surface area contributed by atoms with Crippen molar-refractivity contribution in [2.24, 2.45) is 0 Å². The van der Waals surface area contributed by atoms with Crippen molar-refractivity contribution in [2.45, 2.75) is 24.8 Å². The number of rotatable bonds is 5. The monoisotopic (exact) mass is 342 g/mol. The van der Waals surface area contributed by atoms with Crippen molar-refractivity contribution in [3.05, 3.63) is 65.7 Å². The number of likely N-dealkylation sites (tertiary alicyclic amines) is 1. The summed E-state index contributed by atoms with van der Waals surface area (Å²) in [6, 6.07) is 8.58. The molecule has 1 aromatic heterocycles. The second-order valence-electron chi connectivity index (χ2n) is 5.99. The molecule has 0 radical (unpaired) electrons. The molecule has 1 N–H and O–H groups in total. The molecule has 0 spiro atoms. The number of carboxylic acids is 1. The third-order valence-corrected chi connectivity index (χ3v) is 4.30. The van der Waals surface area contributed by atoms with Crippen LogP contribution in [-0.2, 0) is 26.3 Å². The summed E-state index contributed by atoms with van der Waals surface area (Å²) in [5.41, 5.74) is -0.746. The van der Waals surface area contributed by atoms with Crippen LogP contribution in [-0.4, -0.2) is 32.8 Å². The quantitative estimate of drug-likeness (QED) is 0.839. The molecule has 2 amide bonds. The molecule has 1 aliphatic rings. The van der Waals surface area contributed by atoms with Gasteiger partial charge in [0.2, 0.25) is 11.8 Å². The lowest BCUT2D eigenvalue weighted by Gasteiger charge is -2.25. The molecule has 1 aliphatic heterocycles. The lowest BCUT2D eigenvalue weighted by Crippen LogP contribution is -2.40. The number of carbonyl (C=O) groups is 3. The highest BCUT2D eigenvalue weighted by molar-refractivity contribution is 6.10. The van der Waals surface area contributed by atoms with Gasteiger partial charge in [-0.15, -0.1) is 0 Å². The molecule has 0 saturated carbocycles. The van der Waals surface area contributed by atoms with Crippen molar-refractivity contribution in [1.29, 1.82) is 0 Å². The highest BCUT2D eigenvalue weighted by atomic mass is 19.1. The molecule has 2 aromatic rings. The van der Waals surface area contributed by atoms with E-state index in [0.717, 1.165) is 11.0 Å². The highest BCUT2D eigenvalue weighted by Crippen LogP contribution is 2.40. The number of carbonyl (C=O) groups excluding carboxylic acids is 2. The fourth-order valence-corrected chi connectivity index (χ4v) is 3.15. The van der Waals surface area contributed by atoms with Crippen molar-refractivity contribution in [3.8, 4) is 0 Å². The number of hydrogen-bond acceptors (Lipinski definition) is 4. The Balaban J connectivity index is 2.00. The van der Waals surface area contributed by atoms with Gasteiger partial charge >= 0.3 is 5.97 Å². The predicted octanol–water partition coefficient (Wildman–Crippen LogP) is 1.89. The van der Waals surface area contributed by atoms with Gasteiger partial charge in [0, 0.05) is 18.8 Å². The van der Waals surface area contributed by atoms with Crippen LogP contribution in [0.25, 0.3) is 0 Å². The van der Waals surface area contributed by atoms with Crippen LogP contribution in [0.5, 0.6) is 0 Å². The molecule has 7 heteroatoms. The molecule has 0 bridgehead atoms. The van der Waals surface area contributed by atoms with Crippen LogP contribution in [0.3, 0.4) is 0 Å². The number of amides is 2. The first-order valence-electron chi connectivity index (χ1n) is 7.64. The van der Waals surface area contributed by atoms with Gasteiger partial charge in [0.1, 0.15) is 5.82 Å². The largest absolute Gasteiger partial charge is 0.481 e. The minimum Gasteiger partial charge on any atom is -0.481 e. The Kier molecular flexibility index (Phi) is 4.31. The molecule has 0 aliphatic carbocycles. The number of pyridine rings is 1. The van der Waals surface area contributed by atoms with E-state index < -0.39 is 35.4 Å². The number of halogens is 1. The Morgan fingerprint density at radius 1 is 1.28 bits per heavy atom. The van der Waals surface area contributed by atoms with E-state index in [1.165, 1.54) is 24.4 Å². The number of hydrogen-bond donors (Lipinski definition) is 1. The van der Waals surface area contributed by atoms with Gasteiger partial charge in [0.15, 0.2) is 0 Å². The number of benzene rings is 1. The number of imide groups is 1. The first kappa shape index (κ1) is 16.8. The van der Waals surface area contributed by atoms with Gasteiger partial charge in [-0.05, 0) is 29.3 Å². The average Bonchev–Trinajstić information content (AvgIpc) is 2.80. The van der Waals surface area contributed by atoms with Crippen molar-refractivity contribution < 1.29 is 23.9 Å². The van der Waals surface area contributed by atoms with Crippen LogP contribution in [0, 0.1) is 5.82 Å². The molecular formula is C18H15FN2O4. The Morgan fingerprint density at radius 3 is 2.72 bits per heavy atom. The molecular weight excluding hydrogens is 327 g/mol. The first-order chi connectivity index (χ1) is 11.9. The van der Waals surface area contributed by atoms with Gasteiger partial charge in [-0.25, -0.2) is 4.39 Å². The third kappa shape index (κ3) is 3.13. The second kappa shape index (κ2) is 6.43. The molecule has 6 nitrogen and oxygen atoms in total. The van der Waals surface area contributed by atoms with Crippen LogP contribution in [0.2, 0.25) is 0 Å². The molecule has 0 unspecified atom stereocenters. The summed E-state index contributed by atoms with van der Waals surface area (Å²) in [6.07, 6.45) is 2.21. The summed E-state index contributed by atoms with van der Waals surface area (Å²) >= 11 is 0. The van der Waals surface area contributed by atoms with Crippen molar-refractivity contribution in [3.63, 3.8) is 0 Å². The Bertz CT molecular complexity index is 840. The van der Waals surface area contributed by atoms with Crippen LogP contribution in [0.1, 0.15) is 24.0 Å². The van der Waals surface area contributed by atoms with E-state index in [2.05, 4.69) is 4.98 Å². The SMILES string of the molecule is O=C(O)C[C@]1(c2cccc(F)c2)CC(=O)N(Cc2cccnc2)C1=O. The van der Waals surface area contributed by atoms with Crippen molar-refractivity contribution in [2.75, 3.05) is 0 Å². The van der Waals surface area contributed by atoms with E-state index in [9.17, 15) is 23.9 Å². The molecule has 1 fully saturated rings. The Morgan fingerprint density at radius 2 is 2.08 bits per heavy atom. The van der Waals surface area contributed by atoms with E-state index in [4.69, 9.17) is 0 Å². The lowest BCUT2D eigenvalue weighted by molar-refractivity contribution is -0.145. The molecule has 1 aromatic carbocycles. The molecule has 2 heterocycles. The topological polar surface area (TPSA) is 87.6 Å². The first-order valence-corrected chi connectivity index (χ1v) is 7.64. The van der Waals surface area contributed by atoms with Crippen LogP contribution in [0.4, 0.5) is 4.39 Å². The van der Waals surface area contributed by atoms with E-state index in [1.54, 1.807) is 18.3 Å². The second-order valence-corrected chi connectivity index (χ2v) is 5.99. The summed E-state index contributed by atoms with van der Waals surface area (Å²) < 4.78 is 13.6. The molecule has 128 valence electrons. The van der Waals surface area contributed by atoms with Gasteiger partial charge in [0.05, 0.1) is 18.4 Å². The zero-order chi connectivity index (χ0) is 18.0. The Hall–Kier alpha value is -3.09. The summed E-state index contributed by atoms with van der Waals surface area (Å²) in [5.74, 6) is -2.93. The van der Waals surface area contributed by atoms with Gasteiger partial charge < -0.3 is 5.11 Å². The smallest absolute Gasteiger partial charge is 0.304 e. The number of carboxylic acid groups (broad SMARTS) is 1. The van der Waals surface area contributed by atoms with Gasteiger partial charge in [-0.1, -0.05) is 18.2 Å². The summed E-state index contributed by atoms with van der Waals surface area (Å²) in [5, 5.41) is 9.26. The van der Waals surface area contributed by atoms with Crippen molar-refractivity contribution in [1.82, 2.24) is 9.88 Å². The summed E-state index contributed by atoms with van der Waals surface area (Å²) in [6.45, 7) is 0.00217. The van der Waals surface area contributed by atoms with E-state index in [0.29, 0.717) is 5.56 Å². The Labute approximate surface area is 142 Å². The fraction of sp³-hybridized carbons (Fsp3) is 0.222. The highest BCUT2D eigenvalue weighted by Gasteiger charge is 2.53. The minimum atomic E-state index is -1.59. The van der Waals surface area contributed by atoms with E-state index in [1.807, 2.05) is 0 Å². The van der Waals surface area contributed by atoms with E-state index >= 15 is 0 Å². The summed E-state index contributed by atoms with van der Waals surface area (Å²) in [7, 11) is 0. The predicted molar refractivity (Wildman–Crippen MR) is 84.7 cm³/mol. The van der Waals surface area contributed by atoms with E-state index in [-0.39, 0.29) is 18.5 Å². The third-order valence-electron chi connectivity index (χ3n) is 4.30. The standard InChI is InChI=1S/C18H15FN2O4/c19-14-5-1-4-13(7-14)18(9-16(23)24)8-15(22)21(17(18)25)11-12-3-2-6-20-10-12/h1-7,10H,8-9,11H2,(H,23,24)/t18-/m0/s1. The normalized spacial score (nSPS) is 20.1. The molecule has 1 atom stereocenters. The number of aliphatic carboxylic acids is 1. The fourth-order valence-electron chi connectivity index (χ4n) is 3.15. The molecule has 25 heavy (non-hydrogen) atoms. The zero-order valence-electron chi connectivity index (χ0n) is 13.2. The minimum absolute atomic E-state index is 0.00217. The van der Waals surface area contributed by atoms with Crippen molar-refractivity contribution >= 4 is 17.8 Å². The van der Waals surface area contributed by atoms with Gasteiger partial charge in [0.25, 0.3) is 0 Å². The van der Waals surface area contributed by atoms with Gasteiger partial charge in [-0.3, -0.25) is 24.3 Å². The van der Waals surface area contributed by atoms with Gasteiger partial charge in [-0.2, -0.15) is 0 Å². The average molecular weight is 342 g/mol. The maximum Gasteiger partial charge on any atom is 0.304 e. The number of aromatic nitrogens is 1. The van der Waals surface area contributed by atoms with Crippen LogP contribution < -0.4 is 0 Å². The maximum absolute atomic E-state index is 13.6. The zero-order valence-corrected chi connectivity index (χ0v) is 13.2.